The van der Waals surface area contributed by atoms with Crippen molar-refractivity contribution in [3.8, 4) is 11.5 Å². The van der Waals surface area contributed by atoms with E-state index in [1.807, 2.05) is 32.0 Å². The lowest BCUT2D eigenvalue weighted by atomic mass is 10.1. The average molecular weight is 329 g/mol. The van der Waals surface area contributed by atoms with Crippen molar-refractivity contribution < 1.29 is 14.3 Å². The van der Waals surface area contributed by atoms with Crippen LogP contribution in [0.5, 0.6) is 11.5 Å². The fourth-order valence-electron chi connectivity index (χ4n) is 2.34. The molecule has 24 heavy (non-hydrogen) atoms. The van der Waals surface area contributed by atoms with Crippen LogP contribution in [0.3, 0.4) is 0 Å². The van der Waals surface area contributed by atoms with E-state index in [4.69, 9.17) is 9.47 Å². The van der Waals surface area contributed by atoms with Gasteiger partial charge in [-0.25, -0.2) is 4.98 Å². The van der Waals surface area contributed by atoms with Gasteiger partial charge in [0.25, 0.3) is 5.56 Å². The molecule has 0 saturated carbocycles. The van der Waals surface area contributed by atoms with E-state index in [2.05, 4.69) is 10.3 Å². The standard InChI is InChI=1S/C17H19N3O4/c1-11(2)13-6-17(22)20(9-19-13)8-16(21)18-7-12-3-4-14-15(5-12)24-10-23-14/h3-6,9,11H,7-8,10H2,1-2H3,(H,18,21). The summed E-state index contributed by atoms with van der Waals surface area (Å²) >= 11 is 0. The first-order chi connectivity index (χ1) is 11.5. The van der Waals surface area contributed by atoms with Crippen LogP contribution in [0.25, 0.3) is 0 Å². The molecule has 1 aromatic heterocycles. The third-order valence-electron chi connectivity index (χ3n) is 3.73. The minimum atomic E-state index is -0.256. The van der Waals surface area contributed by atoms with Crippen LogP contribution in [0, 0.1) is 0 Å². The van der Waals surface area contributed by atoms with Crippen LogP contribution in [-0.2, 0) is 17.9 Å². The molecule has 1 aliphatic heterocycles. The van der Waals surface area contributed by atoms with E-state index in [9.17, 15) is 9.59 Å². The fourth-order valence-corrected chi connectivity index (χ4v) is 2.34. The van der Waals surface area contributed by atoms with Crippen molar-refractivity contribution in [3.63, 3.8) is 0 Å². The third-order valence-corrected chi connectivity index (χ3v) is 3.73. The maximum absolute atomic E-state index is 12.0. The van der Waals surface area contributed by atoms with Gasteiger partial charge in [-0.2, -0.15) is 0 Å². The SMILES string of the molecule is CC(C)c1cc(=O)n(CC(=O)NCc2ccc3c(c2)OCO3)cn1. The van der Waals surface area contributed by atoms with Crippen molar-refractivity contribution in [2.75, 3.05) is 6.79 Å². The molecule has 0 radical (unpaired) electrons. The molecule has 7 heteroatoms. The van der Waals surface area contributed by atoms with Gasteiger partial charge in [-0.05, 0) is 23.6 Å². The molecule has 0 saturated heterocycles. The molecule has 1 amide bonds. The van der Waals surface area contributed by atoms with Crippen LogP contribution in [-0.4, -0.2) is 22.3 Å². The molecule has 2 heterocycles. The number of carbonyl (C=O) groups excluding carboxylic acids is 1. The summed E-state index contributed by atoms with van der Waals surface area (Å²) in [5, 5.41) is 2.78. The Morgan fingerprint density at radius 1 is 1.29 bits per heavy atom. The fraction of sp³-hybridized carbons (Fsp3) is 0.353. The second-order valence-electron chi connectivity index (χ2n) is 5.90. The number of carbonyl (C=O) groups is 1. The zero-order valence-electron chi connectivity index (χ0n) is 13.6. The molecule has 7 nitrogen and oxygen atoms in total. The summed E-state index contributed by atoms with van der Waals surface area (Å²) in [5.74, 6) is 1.29. The summed E-state index contributed by atoms with van der Waals surface area (Å²) in [6.07, 6.45) is 1.41. The molecule has 1 N–H and O–H groups in total. The van der Waals surface area contributed by atoms with E-state index in [-0.39, 0.29) is 30.7 Å². The zero-order valence-corrected chi connectivity index (χ0v) is 13.6. The first-order valence-corrected chi connectivity index (χ1v) is 7.74. The van der Waals surface area contributed by atoms with Crippen LogP contribution >= 0.6 is 0 Å². The number of aromatic nitrogens is 2. The van der Waals surface area contributed by atoms with E-state index >= 15 is 0 Å². The van der Waals surface area contributed by atoms with Crippen molar-refractivity contribution in [3.05, 3.63) is 52.2 Å². The predicted molar refractivity (Wildman–Crippen MR) is 87.0 cm³/mol. The summed E-state index contributed by atoms with van der Waals surface area (Å²) < 4.78 is 11.8. The monoisotopic (exact) mass is 329 g/mol. The molecule has 0 fully saturated rings. The Bertz CT molecular complexity index is 814. The van der Waals surface area contributed by atoms with E-state index in [0.29, 0.717) is 18.0 Å². The highest BCUT2D eigenvalue weighted by Gasteiger charge is 2.13. The molecule has 126 valence electrons. The van der Waals surface area contributed by atoms with Gasteiger partial charge in [-0.1, -0.05) is 19.9 Å². The van der Waals surface area contributed by atoms with E-state index in [1.54, 1.807) is 0 Å². The highest BCUT2D eigenvalue weighted by molar-refractivity contribution is 5.75. The minimum Gasteiger partial charge on any atom is -0.454 e. The topological polar surface area (TPSA) is 82.5 Å². The van der Waals surface area contributed by atoms with Crippen molar-refractivity contribution in [1.82, 2.24) is 14.9 Å². The molecule has 1 aliphatic rings. The van der Waals surface area contributed by atoms with E-state index < -0.39 is 0 Å². The van der Waals surface area contributed by atoms with Crippen molar-refractivity contribution in [2.24, 2.45) is 0 Å². The van der Waals surface area contributed by atoms with Gasteiger partial charge in [0, 0.05) is 12.6 Å². The largest absolute Gasteiger partial charge is 0.454 e. The number of amides is 1. The maximum Gasteiger partial charge on any atom is 0.254 e. The second-order valence-corrected chi connectivity index (χ2v) is 5.90. The predicted octanol–water partition coefficient (Wildman–Crippen LogP) is 1.41. The van der Waals surface area contributed by atoms with Gasteiger partial charge in [0.05, 0.1) is 12.0 Å². The molecule has 2 aromatic rings. The van der Waals surface area contributed by atoms with Crippen molar-refractivity contribution >= 4 is 5.91 Å². The van der Waals surface area contributed by atoms with E-state index in [0.717, 1.165) is 11.3 Å². The van der Waals surface area contributed by atoms with Crippen molar-refractivity contribution in [1.29, 1.82) is 0 Å². The first-order valence-electron chi connectivity index (χ1n) is 7.74. The molecule has 0 atom stereocenters. The van der Waals surface area contributed by atoms with Gasteiger partial charge in [0.1, 0.15) is 6.54 Å². The lowest BCUT2D eigenvalue weighted by molar-refractivity contribution is -0.121. The Balaban J connectivity index is 1.59. The van der Waals surface area contributed by atoms with Gasteiger partial charge in [0.15, 0.2) is 11.5 Å². The molecular weight excluding hydrogens is 310 g/mol. The third kappa shape index (κ3) is 3.56. The number of nitrogens with one attached hydrogen (secondary N) is 1. The van der Waals surface area contributed by atoms with Gasteiger partial charge in [-0.3, -0.25) is 14.2 Å². The highest BCUT2D eigenvalue weighted by atomic mass is 16.7. The smallest absolute Gasteiger partial charge is 0.254 e. The first kappa shape index (κ1) is 16.0. The maximum atomic E-state index is 12.0. The van der Waals surface area contributed by atoms with Crippen LogP contribution < -0.4 is 20.3 Å². The van der Waals surface area contributed by atoms with E-state index in [1.165, 1.54) is 17.0 Å². The number of fused-ring (bicyclic) bond motifs is 1. The Morgan fingerprint density at radius 3 is 2.83 bits per heavy atom. The minimum absolute atomic E-state index is 0.0608. The molecule has 3 rings (SSSR count). The molecule has 0 spiro atoms. The number of benzene rings is 1. The van der Waals surface area contributed by atoms with Gasteiger partial charge >= 0.3 is 0 Å². The summed E-state index contributed by atoms with van der Waals surface area (Å²) in [6.45, 7) is 4.43. The molecule has 0 bridgehead atoms. The lowest BCUT2D eigenvalue weighted by Gasteiger charge is -2.09. The number of ether oxygens (including phenoxy) is 2. The van der Waals surface area contributed by atoms with Crippen LogP contribution in [0.2, 0.25) is 0 Å². The normalized spacial score (nSPS) is 12.5. The number of hydrogen-bond acceptors (Lipinski definition) is 5. The van der Waals surface area contributed by atoms with Crippen molar-refractivity contribution in [2.45, 2.75) is 32.9 Å². The zero-order chi connectivity index (χ0) is 17.1. The van der Waals surface area contributed by atoms with Gasteiger partial charge < -0.3 is 14.8 Å². The Morgan fingerprint density at radius 2 is 2.08 bits per heavy atom. The number of nitrogens with zero attached hydrogens (tertiary/aromatic N) is 2. The van der Waals surface area contributed by atoms with Gasteiger partial charge in [0.2, 0.25) is 12.7 Å². The average Bonchev–Trinajstić information content (AvgIpc) is 3.02. The van der Waals surface area contributed by atoms with Crippen LogP contribution in [0.1, 0.15) is 31.0 Å². The lowest BCUT2D eigenvalue weighted by Crippen LogP contribution is -2.32. The second kappa shape index (κ2) is 6.74. The Kier molecular flexibility index (Phi) is 4.50. The Labute approximate surface area is 139 Å². The van der Waals surface area contributed by atoms with Crippen LogP contribution in [0.15, 0.2) is 35.4 Å². The number of hydrogen-bond donors (Lipinski definition) is 1. The summed E-state index contributed by atoms with van der Waals surface area (Å²) in [5.41, 5.74) is 1.39. The Hall–Kier alpha value is -2.83. The van der Waals surface area contributed by atoms with Crippen LogP contribution in [0.4, 0.5) is 0 Å². The highest BCUT2D eigenvalue weighted by Crippen LogP contribution is 2.32. The quantitative estimate of drug-likeness (QED) is 0.897. The number of rotatable bonds is 5. The summed E-state index contributed by atoms with van der Waals surface area (Å²) in [4.78, 5) is 28.2. The molecule has 0 unspecified atom stereocenters. The molecule has 1 aromatic carbocycles. The summed E-state index contributed by atoms with van der Waals surface area (Å²) in [6, 6.07) is 6.96. The summed E-state index contributed by atoms with van der Waals surface area (Å²) in [7, 11) is 0. The van der Waals surface area contributed by atoms with Gasteiger partial charge in [-0.15, -0.1) is 0 Å². The molecule has 0 aliphatic carbocycles. The molecular formula is C17H19N3O4.